The molecule has 0 amide bonds. The summed E-state index contributed by atoms with van der Waals surface area (Å²) in [4.78, 5) is 16.2. The van der Waals surface area contributed by atoms with E-state index in [9.17, 15) is 0 Å². The van der Waals surface area contributed by atoms with Crippen molar-refractivity contribution < 1.29 is 0 Å². The van der Waals surface area contributed by atoms with Crippen molar-refractivity contribution in [2.75, 3.05) is 36.4 Å². The van der Waals surface area contributed by atoms with Gasteiger partial charge in [-0.2, -0.15) is 5.10 Å². The molecule has 3 aromatic rings. The first-order valence-corrected chi connectivity index (χ1v) is 9.80. The third-order valence-electron chi connectivity index (χ3n) is 5.30. The summed E-state index contributed by atoms with van der Waals surface area (Å²) in [6.45, 7) is 8.31. The molecule has 0 radical (unpaired) electrons. The zero-order valence-electron chi connectivity index (χ0n) is 16.2. The summed E-state index contributed by atoms with van der Waals surface area (Å²) < 4.78 is 2.04. The molecule has 4 heterocycles. The molecule has 2 aliphatic rings. The van der Waals surface area contributed by atoms with E-state index in [4.69, 9.17) is 4.98 Å². The van der Waals surface area contributed by atoms with Crippen LogP contribution in [0.2, 0.25) is 0 Å². The highest BCUT2D eigenvalue weighted by atomic mass is 15.3. The van der Waals surface area contributed by atoms with Gasteiger partial charge in [-0.1, -0.05) is 0 Å². The van der Waals surface area contributed by atoms with Gasteiger partial charge in [0.05, 0.1) is 29.5 Å². The van der Waals surface area contributed by atoms with Gasteiger partial charge in [0.1, 0.15) is 5.82 Å². The van der Waals surface area contributed by atoms with Crippen LogP contribution in [-0.4, -0.2) is 50.9 Å². The largest absolute Gasteiger partial charge is 0.368 e. The lowest BCUT2D eigenvalue weighted by Gasteiger charge is -2.29. The Labute approximate surface area is 164 Å². The van der Waals surface area contributed by atoms with Crippen LogP contribution in [0, 0.1) is 0 Å². The minimum absolute atomic E-state index is 0.292. The second-order valence-corrected chi connectivity index (χ2v) is 7.56. The van der Waals surface area contributed by atoms with E-state index in [1.54, 1.807) is 0 Å². The minimum atomic E-state index is 0.292. The normalized spacial score (nSPS) is 15.6. The molecule has 0 spiro atoms. The van der Waals surface area contributed by atoms with E-state index in [0.29, 0.717) is 12.0 Å². The zero-order chi connectivity index (χ0) is 19.1. The molecule has 1 saturated heterocycles. The fourth-order valence-corrected chi connectivity index (χ4v) is 3.87. The molecule has 1 fully saturated rings. The summed E-state index contributed by atoms with van der Waals surface area (Å²) in [5.41, 5.74) is 5.59. The van der Waals surface area contributed by atoms with Gasteiger partial charge in [-0.25, -0.2) is 15.0 Å². The average Bonchev–Trinajstić information content (AvgIpc) is 3.29. The zero-order valence-corrected chi connectivity index (χ0v) is 16.2. The molecule has 144 valence electrons. The Hall–Kier alpha value is -3.00. The van der Waals surface area contributed by atoms with Crippen molar-refractivity contribution >= 4 is 17.5 Å². The third kappa shape index (κ3) is 2.99. The van der Waals surface area contributed by atoms with Crippen molar-refractivity contribution in [2.24, 2.45) is 0 Å². The van der Waals surface area contributed by atoms with Gasteiger partial charge in [-0.3, -0.25) is 4.68 Å². The van der Waals surface area contributed by atoms with E-state index in [1.165, 1.54) is 5.56 Å². The standard InChI is InChI=1S/C20H24N8/c1-13(2)28-19-15(11-24-28)9-14-10-23-20(26-18(14)19)25-17-4-3-16(12-22-17)27-7-5-21-6-8-27/h3-4,10-13,21H,5-9H2,1-2H3,(H,22,23,25,26). The molecule has 0 aromatic carbocycles. The van der Waals surface area contributed by atoms with Gasteiger partial charge in [0.25, 0.3) is 0 Å². The van der Waals surface area contributed by atoms with Crippen LogP contribution in [0.3, 0.4) is 0 Å². The molecular formula is C20H24N8. The lowest BCUT2D eigenvalue weighted by atomic mass is 10.2. The van der Waals surface area contributed by atoms with E-state index < -0.39 is 0 Å². The van der Waals surface area contributed by atoms with E-state index in [0.717, 1.165) is 61.1 Å². The Morgan fingerprint density at radius 1 is 1.04 bits per heavy atom. The van der Waals surface area contributed by atoms with Crippen molar-refractivity contribution in [3.63, 3.8) is 0 Å². The summed E-state index contributed by atoms with van der Waals surface area (Å²) in [6, 6.07) is 4.37. The molecule has 2 N–H and O–H groups in total. The molecule has 3 aromatic heterocycles. The Morgan fingerprint density at radius 3 is 2.64 bits per heavy atom. The molecule has 8 heteroatoms. The van der Waals surface area contributed by atoms with Gasteiger partial charge in [0.2, 0.25) is 5.95 Å². The number of fused-ring (bicyclic) bond motifs is 3. The van der Waals surface area contributed by atoms with Crippen molar-refractivity contribution in [3.05, 3.63) is 41.9 Å². The third-order valence-corrected chi connectivity index (χ3v) is 5.30. The number of nitrogens with zero attached hydrogens (tertiary/aromatic N) is 6. The summed E-state index contributed by atoms with van der Waals surface area (Å²) in [6.07, 6.45) is 6.60. The molecule has 28 heavy (non-hydrogen) atoms. The molecule has 0 atom stereocenters. The van der Waals surface area contributed by atoms with Crippen LogP contribution in [0.4, 0.5) is 17.5 Å². The van der Waals surface area contributed by atoms with Crippen LogP contribution in [0.15, 0.2) is 30.7 Å². The van der Waals surface area contributed by atoms with Crippen LogP contribution >= 0.6 is 0 Å². The molecule has 0 bridgehead atoms. The van der Waals surface area contributed by atoms with Crippen molar-refractivity contribution in [1.29, 1.82) is 0 Å². The van der Waals surface area contributed by atoms with Gasteiger partial charge < -0.3 is 15.5 Å². The summed E-state index contributed by atoms with van der Waals surface area (Å²) in [7, 11) is 0. The fourth-order valence-electron chi connectivity index (χ4n) is 3.87. The van der Waals surface area contributed by atoms with E-state index >= 15 is 0 Å². The summed E-state index contributed by atoms with van der Waals surface area (Å²) >= 11 is 0. The molecular weight excluding hydrogens is 352 g/mol. The predicted octanol–water partition coefficient (Wildman–Crippen LogP) is 2.37. The lowest BCUT2D eigenvalue weighted by molar-refractivity contribution is 0.538. The summed E-state index contributed by atoms with van der Waals surface area (Å²) in [5, 5.41) is 11.1. The van der Waals surface area contributed by atoms with Crippen molar-refractivity contribution in [1.82, 2.24) is 30.0 Å². The maximum Gasteiger partial charge on any atom is 0.228 e. The first-order chi connectivity index (χ1) is 13.7. The number of hydrogen-bond donors (Lipinski definition) is 2. The monoisotopic (exact) mass is 376 g/mol. The van der Waals surface area contributed by atoms with Gasteiger partial charge >= 0.3 is 0 Å². The van der Waals surface area contributed by atoms with E-state index in [2.05, 4.69) is 50.5 Å². The van der Waals surface area contributed by atoms with Crippen LogP contribution < -0.4 is 15.5 Å². The maximum absolute atomic E-state index is 4.78. The maximum atomic E-state index is 4.78. The van der Waals surface area contributed by atoms with Crippen LogP contribution in [0.1, 0.15) is 31.0 Å². The topological polar surface area (TPSA) is 83.8 Å². The second kappa shape index (κ2) is 6.87. The predicted molar refractivity (Wildman–Crippen MR) is 109 cm³/mol. The highest BCUT2D eigenvalue weighted by Crippen LogP contribution is 2.36. The number of piperazine rings is 1. The lowest BCUT2D eigenvalue weighted by Crippen LogP contribution is -2.43. The summed E-state index contributed by atoms with van der Waals surface area (Å²) in [5.74, 6) is 1.31. The van der Waals surface area contributed by atoms with Crippen LogP contribution in [0.25, 0.3) is 11.4 Å². The highest BCUT2D eigenvalue weighted by Gasteiger charge is 2.26. The van der Waals surface area contributed by atoms with E-state index in [1.807, 2.05) is 29.3 Å². The number of pyridine rings is 1. The molecule has 5 rings (SSSR count). The SMILES string of the molecule is CC(C)n1ncc2c1-c1nc(Nc3ccc(N4CCNCC4)cn3)ncc1C2. The first-order valence-electron chi connectivity index (χ1n) is 9.80. The van der Waals surface area contributed by atoms with Gasteiger partial charge in [0.15, 0.2) is 0 Å². The second-order valence-electron chi connectivity index (χ2n) is 7.56. The molecule has 8 nitrogen and oxygen atoms in total. The molecule has 0 unspecified atom stereocenters. The minimum Gasteiger partial charge on any atom is -0.368 e. The molecule has 1 aliphatic carbocycles. The number of hydrogen-bond acceptors (Lipinski definition) is 7. The Morgan fingerprint density at radius 2 is 1.89 bits per heavy atom. The quantitative estimate of drug-likeness (QED) is 0.566. The molecule has 0 saturated carbocycles. The Kier molecular flexibility index (Phi) is 4.20. The Balaban J connectivity index is 1.38. The highest BCUT2D eigenvalue weighted by molar-refractivity contribution is 5.71. The first kappa shape index (κ1) is 17.1. The fraction of sp³-hybridized carbons (Fsp3) is 0.400. The number of rotatable bonds is 4. The number of anilines is 3. The van der Waals surface area contributed by atoms with Gasteiger partial charge in [-0.05, 0) is 26.0 Å². The number of aromatic nitrogens is 5. The Bertz CT molecular complexity index is 986. The van der Waals surface area contributed by atoms with Crippen LogP contribution in [-0.2, 0) is 6.42 Å². The van der Waals surface area contributed by atoms with E-state index in [-0.39, 0.29) is 0 Å². The van der Waals surface area contributed by atoms with Gasteiger partial charge in [0, 0.05) is 56.0 Å². The number of nitrogens with one attached hydrogen (secondary N) is 2. The molecule has 1 aliphatic heterocycles. The van der Waals surface area contributed by atoms with Crippen molar-refractivity contribution in [3.8, 4) is 11.4 Å². The van der Waals surface area contributed by atoms with Gasteiger partial charge in [-0.15, -0.1) is 0 Å². The smallest absolute Gasteiger partial charge is 0.228 e. The van der Waals surface area contributed by atoms with Crippen molar-refractivity contribution in [2.45, 2.75) is 26.3 Å². The van der Waals surface area contributed by atoms with Crippen LogP contribution in [0.5, 0.6) is 0 Å². The average molecular weight is 376 g/mol.